The second-order valence-electron chi connectivity index (χ2n) is 5.85. The molecule has 2 aromatic rings. The van der Waals surface area contributed by atoms with Gasteiger partial charge in [-0.1, -0.05) is 0 Å². The highest BCUT2D eigenvalue weighted by Crippen LogP contribution is 2.15. The Labute approximate surface area is 145 Å². The first-order valence-electron chi connectivity index (χ1n) is 7.86. The van der Waals surface area contributed by atoms with E-state index in [4.69, 9.17) is 0 Å². The van der Waals surface area contributed by atoms with Gasteiger partial charge in [-0.3, -0.25) is 4.79 Å². The Balaban J connectivity index is 2.04. The lowest BCUT2D eigenvalue weighted by molar-refractivity contribution is 0.102. The molecule has 0 aliphatic heterocycles. The number of rotatable bonds is 7. The fraction of sp³-hybridized carbons (Fsp3) is 0.353. The summed E-state index contributed by atoms with van der Waals surface area (Å²) in [4.78, 5) is 22.7. The largest absolute Gasteiger partial charge is 0.370 e. The summed E-state index contributed by atoms with van der Waals surface area (Å²) in [6.45, 7) is 3.32. The van der Waals surface area contributed by atoms with Crippen molar-refractivity contribution in [3.8, 4) is 0 Å². The second kappa shape index (κ2) is 8.48. The van der Waals surface area contributed by atoms with Gasteiger partial charge < -0.3 is 15.5 Å². The van der Waals surface area contributed by atoms with Crippen LogP contribution in [0.15, 0.2) is 24.3 Å². The molecular weight excluding hydrogens is 328 g/mol. The number of carbonyl (C=O) groups excluding carboxylic acids is 1. The van der Waals surface area contributed by atoms with E-state index in [1.54, 1.807) is 6.92 Å². The van der Waals surface area contributed by atoms with Gasteiger partial charge in [0.2, 0.25) is 0 Å². The zero-order chi connectivity index (χ0) is 18.4. The van der Waals surface area contributed by atoms with Crippen molar-refractivity contribution in [3.05, 3.63) is 47.4 Å². The van der Waals surface area contributed by atoms with Gasteiger partial charge in [0.25, 0.3) is 5.91 Å². The van der Waals surface area contributed by atoms with Gasteiger partial charge in [0.05, 0.1) is 0 Å². The Kier molecular flexibility index (Phi) is 6.35. The third kappa shape index (κ3) is 5.75. The van der Waals surface area contributed by atoms with Gasteiger partial charge in [-0.2, -0.15) is 0 Å². The molecule has 0 atom stereocenters. The van der Waals surface area contributed by atoms with Gasteiger partial charge in [0, 0.05) is 24.4 Å². The topological polar surface area (TPSA) is 70.2 Å². The Bertz CT molecular complexity index is 752. The first-order valence-corrected chi connectivity index (χ1v) is 7.86. The summed E-state index contributed by atoms with van der Waals surface area (Å²) in [5, 5.41) is 5.64. The van der Waals surface area contributed by atoms with Crippen molar-refractivity contribution in [2.75, 3.05) is 37.8 Å². The summed E-state index contributed by atoms with van der Waals surface area (Å²) in [7, 11) is 3.99. The number of nitrogens with one attached hydrogen (secondary N) is 2. The molecule has 8 heteroatoms. The van der Waals surface area contributed by atoms with E-state index in [1.165, 1.54) is 12.1 Å². The van der Waals surface area contributed by atoms with Crippen molar-refractivity contribution in [3.63, 3.8) is 0 Å². The Morgan fingerprint density at radius 3 is 2.60 bits per heavy atom. The van der Waals surface area contributed by atoms with E-state index in [2.05, 4.69) is 25.5 Å². The maximum absolute atomic E-state index is 13.2. The van der Waals surface area contributed by atoms with E-state index in [9.17, 15) is 13.6 Å². The van der Waals surface area contributed by atoms with Crippen molar-refractivity contribution >= 4 is 17.4 Å². The molecule has 2 rings (SSSR count). The van der Waals surface area contributed by atoms with Crippen molar-refractivity contribution in [2.24, 2.45) is 0 Å². The number of hydrogen-bond donors (Lipinski definition) is 2. The normalized spacial score (nSPS) is 10.8. The Hall–Kier alpha value is -2.61. The highest BCUT2D eigenvalue weighted by atomic mass is 19.2. The van der Waals surface area contributed by atoms with Crippen LogP contribution in [0.2, 0.25) is 0 Å². The number of benzene rings is 1. The standard InChI is InChI=1S/C17H21F2N5O/c1-11-21-15(10-16(22-11)20-7-4-8-24(2)3)17(25)23-12-5-6-13(18)14(19)9-12/h5-6,9-10H,4,7-8H2,1-3H3,(H,23,25)(H,20,21,22). The van der Waals surface area contributed by atoms with Crippen molar-refractivity contribution in [1.29, 1.82) is 0 Å². The van der Waals surface area contributed by atoms with Crippen LogP contribution in [0.3, 0.4) is 0 Å². The highest BCUT2D eigenvalue weighted by Gasteiger charge is 2.12. The SMILES string of the molecule is Cc1nc(NCCCN(C)C)cc(C(=O)Nc2ccc(F)c(F)c2)n1. The number of anilines is 2. The third-order valence-corrected chi connectivity index (χ3v) is 3.34. The molecule has 0 aliphatic carbocycles. The van der Waals surface area contributed by atoms with E-state index >= 15 is 0 Å². The molecule has 6 nitrogen and oxygen atoms in total. The molecule has 1 aromatic carbocycles. The number of hydrogen-bond acceptors (Lipinski definition) is 5. The molecular formula is C17H21F2N5O. The number of aromatic nitrogens is 2. The van der Waals surface area contributed by atoms with Gasteiger partial charge in [-0.05, 0) is 46.1 Å². The van der Waals surface area contributed by atoms with Crippen LogP contribution in [0.5, 0.6) is 0 Å². The van der Waals surface area contributed by atoms with Gasteiger partial charge in [-0.15, -0.1) is 0 Å². The van der Waals surface area contributed by atoms with Gasteiger partial charge >= 0.3 is 0 Å². The molecule has 0 radical (unpaired) electrons. The zero-order valence-corrected chi connectivity index (χ0v) is 14.4. The fourth-order valence-corrected chi connectivity index (χ4v) is 2.16. The van der Waals surface area contributed by atoms with Gasteiger partial charge in [0.1, 0.15) is 17.3 Å². The zero-order valence-electron chi connectivity index (χ0n) is 14.4. The minimum atomic E-state index is -1.03. The molecule has 1 amide bonds. The summed E-state index contributed by atoms with van der Waals surface area (Å²) in [5.41, 5.74) is 0.299. The molecule has 0 saturated heterocycles. The molecule has 0 saturated carbocycles. The van der Waals surface area contributed by atoms with Gasteiger partial charge in [0.15, 0.2) is 11.6 Å². The molecule has 134 valence electrons. The Morgan fingerprint density at radius 2 is 1.92 bits per heavy atom. The monoisotopic (exact) mass is 349 g/mol. The lowest BCUT2D eigenvalue weighted by atomic mass is 10.2. The van der Waals surface area contributed by atoms with Crippen LogP contribution in [0.1, 0.15) is 22.7 Å². The average molecular weight is 349 g/mol. The van der Waals surface area contributed by atoms with Crippen LogP contribution < -0.4 is 10.6 Å². The van der Waals surface area contributed by atoms with Crippen LogP contribution in [0.25, 0.3) is 0 Å². The first kappa shape index (κ1) is 18.7. The summed E-state index contributed by atoms with van der Waals surface area (Å²) >= 11 is 0. The van der Waals surface area contributed by atoms with E-state index in [1.807, 2.05) is 14.1 Å². The van der Waals surface area contributed by atoms with E-state index in [0.29, 0.717) is 18.2 Å². The van der Waals surface area contributed by atoms with Crippen LogP contribution in [0, 0.1) is 18.6 Å². The fourth-order valence-electron chi connectivity index (χ4n) is 2.16. The van der Waals surface area contributed by atoms with Crippen LogP contribution >= 0.6 is 0 Å². The number of halogens is 2. The quantitative estimate of drug-likeness (QED) is 0.752. The molecule has 2 N–H and O–H groups in total. The van der Waals surface area contributed by atoms with Crippen molar-refractivity contribution in [2.45, 2.75) is 13.3 Å². The number of nitrogens with zero attached hydrogens (tertiary/aromatic N) is 3. The summed E-state index contributed by atoms with van der Waals surface area (Å²) in [5.74, 6) is -1.54. The maximum Gasteiger partial charge on any atom is 0.274 e. The van der Waals surface area contributed by atoms with Crippen molar-refractivity contribution in [1.82, 2.24) is 14.9 Å². The molecule has 0 unspecified atom stereocenters. The van der Waals surface area contributed by atoms with E-state index in [-0.39, 0.29) is 11.4 Å². The predicted octanol–water partition coefficient (Wildman–Crippen LogP) is 2.68. The summed E-state index contributed by atoms with van der Waals surface area (Å²) in [6, 6.07) is 4.68. The second-order valence-corrected chi connectivity index (χ2v) is 5.85. The smallest absolute Gasteiger partial charge is 0.274 e. The lowest BCUT2D eigenvalue weighted by Crippen LogP contribution is -2.18. The van der Waals surface area contributed by atoms with Crippen LogP contribution in [-0.4, -0.2) is 48.0 Å². The molecule has 1 heterocycles. The number of aryl methyl sites for hydroxylation is 1. The van der Waals surface area contributed by atoms with Crippen LogP contribution in [-0.2, 0) is 0 Å². The van der Waals surface area contributed by atoms with Crippen LogP contribution in [0.4, 0.5) is 20.3 Å². The average Bonchev–Trinajstić information content (AvgIpc) is 2.54. The molecule has 0 aliphatic rings. The molecule has 0 bridgehead atoms. The molecule has 0 fully saturated rings. The summed E-state index contributed by atoms with van der Waals surface area (Å²) in [6.07, 6.45) is 0.923. The minimum absolute atomic E-state index is 0.146. The van der Waals surface area contributed by atoms with E-state index in [0.717, 1.165) is 25.1 Å². The molecule has 0 spiro atoms. The maximum atomic E-state index is 13.2. The lowest BCUT2D eigenvalue weighted by Gasteiger charge is -2.11. The third-order valence-electron chi connectivity index (χ3n) is 3.34. The minimum Gasteiger partial charge on any atom is -0.370 e. The molecule has 25 heavy (non-hydrogen) atoms. The van der Waals surface area contributed by atoms with Crippen molar-refractivity contribution < 1.29 is 13.6 Å². The highest BCUT2D eigenvalue weighted by molar-refractivity contribution is 6.03. The van der Waals surface area contributed by atoms with Gasteiger partial charge in [-0.25, -0.2) is 18.7 Å². The molecule has 1 aromatic heterocycles. The number of amides is 1. The number of carbonyl (C=O) groups is 1. The Morgan fingerprint density at radius 1 is 1.16 bits per heavy atom. The first-order chi connectivity index (χ1) is 11.8. The predicted molar refractivity (Wildman–Crippen MR) is 92.7 cm³/mol. The summed E-state index contributed by atoms with van der Waals surface area (Å²) < 4.78 is 26.2. The van der Waals surface area contributed by atoms with E-state index < -0.39 is 17.5 Å².